The molecule has 17 heavy (non-hydrogen) atoms. The molecule has 2 rings (SSSR count). The number of hydrogen-bond acceptors (Lipinski definition) is 8. The number of epoxide rings is 1. The molecule has 6 atom stereocenters. The van der Waals surface area contributed by atoms with Crippen molar-refractivity contribution in [2.45, 2.75) is 36.8 Å². The van der Waals surface area contributed by atoms with Crippen molar-refractivity contribution in [3.05, 3.63) is 0 Å². The molecule has 8 nitrogen and oxygen atoms in total. The molecule has 2 heterocycles. The highest BCUT2D eigenvalue weighted by atomic mass is 16.6. The molecule has 0 amide bonds. The van der Waals surface area contributed by atoms with Gasteiger partial charge in [-0.15, -0.1) is 0 Å². The van der Waals surface area contributed by atoms with Crippen LogP contribution in [-0.2, 0) is 9.47 Å². The lowest BCUT2D eigenvalue weighted by molar-refractivity contribution is -0.286. The van der Waals surface area contributed by atoms with Gasteiger partial charge in [0, 0.05) is 6.54 Å². The van der Waals surface area contributed by atoms with Crippen LogP contribution >= 0.6 is 0 Å². The average molecular weight is 253 g/mol. The van der Waals surface area contributed by atoms with Crippen molar-refractivity contribution >= 4 is 0 Å². The van der Waals surface area contributed by atoms with E-state index in [1.54, 1.807) is 0 Å². The lowest BCUT2D eigenvalue weighted by atomic mass is 10.00. The number of aliphatic hydroxyl groups is 5. The maximum Gasteiger partial charge on any atom is 0.184 e. The molecule has 0 saturated carbocycles. The minimum Gasteiger partial charge on any atom is -0.394 e. The second kappa shape index (κ2) is 6.57. The van der Waals surface area contributed by atoms with Crippen LogP contribution in [0.15, 0.2) is 0 Å². The number of nitrogens with two attached hydrogens (primary N) is 1. The van der Waals surface area contributed by atoms with Crippen LogP contribution < -0.4 is 5.73 Å². The van der Waals surface area contributed by atoms with E-state index in [0.29, 0.717) is 12.6 Å². The fourth-order valence-electron chi connectivity index (χ4n) is 1.29. The van der Waals surface area contributed by atoms with E-state index in [-0.39, 0.29) is 0 Å². The molecule has 7 N–H and O–H groups in total. The van der Waals surface area contributed by atoms with Gasteiger partial charge in [-0.05, 0) is 0 Å². The number of aliphatic hydroxyl groups excluding tert-OH is 5. The Morgan fingerprint density at radius 3 is 2.00 bits per heavy atom. The number of ether oxygens (including phenoxy) is 2. The summed E-state index contributed by atoms with van der Waals surface area (Å²) in [5.41, 5.74) is 5.11. The van der Waals surface area contributed by atoms with Gasteiger partial charge in [0.1, 0.15) is 24.4 Å². The van der Waals surface area contributed by atoms with E-state index in [9.17, 15) is 0 Å². The van der Waals surface area contributed by atoms with Crippen LogP contribution in [0.5, 0.6) is 0 Å². The molecule has 0 aromatic rings. The molecular weight excluding hydrogens is 234 g/mol. The van der Waals surface area contributed by atoms with E-state index in [2.05, 4.69) is 4.74 Å². The van der Waals surface area contributed by atoms with Crippen LogP contribution in [0.3, 0.4) is 0 Å². The fourth-order valence-corrected chi connectivity index (χ4v) is 1.29. The normalized spacial score (nSPS) is 44.8. The minimum atomic E-state index is -1.57. The summed E-state index contributed by atoms with van der Waals surface area (Å²) >= 11 is 0. The molecule has 0 radical (unpaired) electrons. The first kappa shape index (κ1) is 14.7. The van der Waals surface area contributed by atoms with Crippen molar-refractivity contribution in [3.63, 3.8) is 0 Å². The summed E-state index contributed by atoms with van der Waals surface area (Å²) in [6.07, 6.45) is -6.63. The monoisotopic (exact) mass is 253 g/mol. The molecule has 0 aromatic carbocycles. The third kappa shape index (κ3) is 4.12. The Labute approximate surface area is 98.2 Å². The van der Waals surface area contributed by atoms with Gasteiger partial charge in [-0.2, -0.15) is 0 Å². The number of rotatable bonds is 2. The minimum absolute atomic E-state index is 0.412. The highest BCUT2D eigenvalue weighted by Crippen LogP contribution is 2.18. The van der Waals surface area contributed by atoms with Gasteiger partial charge < -0.3 is 40.7 Å². The van der Waals surface area contributed by atoms with Crippen molar-refractivity contribution in [3.8, 4) is 0 Å². The first-order valence-electron chi connectivity index (χ1n) is 5.31. The summed E-state index contributed by atoms with van der Waals surface area (Å²) < 4.78 is 9.31. The zero-order chi connectivity index (χ0) is 13.0. The van der Waals surface area contributed by atoms with E-state index in [0.717, 1.165) is 6.61 Å². The molecule has 2 aliphatic rings. The van der Waals surface area contributed by atoms with E-state index in [1.807, 2.05) is 0 Å². The van der Waals surface area contributed by atoms with Gasteiger partial charge in [0.2, 0.25) is 0 Å². The third-order valence-corrected chi connectivity index (χ3v) is 2.53. The first-order valence-corrected chi connectivity index (χ1v) is 5.31. The largest absolute Gasteiger partial charge is 0.394 e. The van der Waals surface area contributed by atoms with Crippen LogP contribution in [0.25, 0.3) is 0 Å². The summed E-state index contributed by atoms with van der Waals surface area (Å²) in [4.78, 5) is 0. The Hall–Kier alpha value is -0.320. The summed E-state index contributed by atoms with van der Waals surface area (Å²) in [5, 5.41) is 44.7. The molecule has 2 saturated heterocycles. The molecule has 0 bridgehead atoms. The molecule has 102 valence electrons. The second-order valence-corrected chi connectivity index (χ2v) is 3.91. The van der Waals surface area contributed by atoms with Gasteiger partial charge >= 0.3 is 0 Å². The third-order valence-electron chi connectivity index (χ3n) is 2.53. The van der Waals surface area contributed by atoms with Gasteiger partial charge in [0.05, 0.1) is 19.3 Å². The van der Waals surface area contributed by atoms with Crippen molar-refractivity contribution in [1.82, 2.24) is 0 Å². The van der Waals surface area contributed by atoms with Crippen LogP contribution in [0.4, 0.5) is 0 Å². The first-order chi connectivity index (χ1) is 8.01. The average Bonchev–Trinajstić information content (AvgIpc) is 3.15. The lowest BCUT2D eigenvalue weighted by Gasteiger charge is -2.37. The van der Waals surface area contributed by atoms with E-state index >= 15 is 0 Å². The van der Waals surface area contributed by atoms with Crippen molar-refractivity contribution in [2.75, 3.05) is 19.8 Å². The maximum absolute atomic E-state index is 9.12. The number of hydrogen-bond donors (Lipinski definition) is 6. The molecule has 0 spiro atoms. The van der Waals surface area contributed by atoms with Gasteiger partial charge in [-0.3, -0.25) is 0 Å². The Kier molecular flexibility index (Phi) is 5.70. The summed E-state index contributed by atoms with van der Waals surface area (Å²) in [6.45, 7) is 1.05. The smallest absolute Gasteiger partial charge is 0.184 e. The fraction of sp³-hybridized carbons (Fsp3) is 1.00. The molecule has 2 unspecified atom stereocenters. The SMILES string of the molecule is NCC1CO1.OC[C@H]1OC(O)[C@H](O)[C@@H](O)[C@@H]1O. The summed E-state index contributed by atoms with van der Waals surface area (Å²) in [5.74, 6) is 0. The Bertz CT molecular complexity index is 221. The maximum atomic E-state index is 9.12. The zero-order valence-corrected chi connectivity index (χ0v) is 9.22. The molecule has 8 heteroatoms. The van der Waals surface area contributed by atoms with E-state index < -0.39 is 37.3 Å². The molecule has 2 fully saturated rings. The molecule has 0 aliphatic carbocycles. The predicted molar refractivity (Wildman–Crippen MR) is 54.8 cm³/mol. The molecule has 0 aromatic heterocycles. The van der Waals surface area contributed by atoms with Crippen LogP contribution in [0, 0.1) is 0 Å². The van der Waals surface area contributed by atoms with Crippen molar-refractivity contribution < 1.29 is 35.0 Å². The van der Waals surface area contributed by atoms with Gasteiger partial charge in [0.15, 0.2) is 6.29 Å². The van der Waals surface area contributed by atoms with Crippen molar-refractivity contribution in [2.24, 2.45) is 5.73 Å². The van der Waals surface area contributed by atoms with Crippen LogP contribution in [-0.4, -0.2) is 82.1 Å². The quantitative estimate of drug-likeness (QED) is 0.274. The molecule has 2 aliphatic heterocycles. The Morgan fingerprint density at radius 1 is 1.06 bits per heavy atom. The standard InChI is InChI=1S/C6H12O6.C3H7NO/c7-1-2-3(8)4(9)5(10)6(11)12-2;4-1-3-2-5-3/h2-11H,1H2;3H,1-2,4H2/t2-,3-,4+,5-,6?;/m1./s1. The van der Waals surface area contributed by atoms with Gasteiger partial charge in [-0.25, -0.2) is 0 Å². The topological polar surface area (TPSA) is 149 Å². The predicted octanol–water partition coefficient (Wildman–Crippen LogP) is -3.88. The van der Waals surface area contributed by atoms with E-state index in [4.69, 9.17) is 36.0 Å². The highest BCUT2D eigenvalue weighted by Gasteiger charge is 2.42. The summed E-state index contributed by atoms with van der Waals surface area (Å²) in [7, 11) is 0. The van der Waals surface area contributed by atoms with E-state index in [1.165, 1.54) is 0 Å². The lowest BCUT2D eigenvalue weighted by Crippen LogP contribution is -2.58. The Balaban J connectivity index is 0.000000239. The Morgan fingerprint density at radius 2 is 1.65 bits per heavy atom. The zero-order valence-electron chi connectivity index (χ0n) is 9.22. The van der Waals surface area contributed by atoms with Gasteiger partial charge in [-0.1, -0.05) is 0 Å². The van der Waals surface area contributed by atoms with Crippen LogP contribution in [0.1, 0.15) is 0 Å². The van der Waals surface area contributed by atoms with Crippen LogP contribution in [0.2, 0.25) is 0 Å². The highest BCUT2D eigenvalue weighted by molar-refractivity contribution is 4.87. The molecular formula is C9H19NO7. The van der Waals surface area contributed by atoms with Crippen molar-refractivity contribution in [1.29, 1.82) is 0 Å². The summed E-state index contributed by atoms with van der Waals surface area (Å²) in [6, 6.07) is 0. The van der Waals surface area contributed by atoms with Gasteiger partial charge in [0.25, 0.3) is 0 Å². The second-order valence-electron chi connectivity index (χ2n) is 3.91.